The largest absolute Gasteiger partial charge is 0.444 e. The highest BCUT2D eigenvalue weighted by atomic mass is 35.5. The molecule has 2 aromatic rings. The highest BCUT2D eigenvalue weighted by molar-refractivity contribution is 6.30. The first-order valence-electron chi connectivity index (χ1n) is 10.5. The summed E-state index contributed by atoms with van der Waals surface area (Å²) in [6, 6.07) is 14.0. The molecule has 0 spiro atoms. The van der Waals surface area contributed by atoms with E-state index in [4.69, 9.17) is 21.1 Å². The fourth-order valence-electron chi connectivity index (χ4n) is 3.06. The number of carbonyl (C=O) groups excluding carboxylic acids is 1. The monoisotopic (exact) mass is 432 g/mol. The summed E-state index contributed by atoms with van der Waals surface area (Å²) in [6.45, 7) is 6.91. The number of unbranched alkanes of at least 4 members (excludes halogenated alkanes) is 1. The van der Waals surface area contributed by atoms with Crippen LogP contribution in [0.4, 0.5) is 4.79 Å². The Hall–Kier alpha value is -2.11. The van der Waals surface area contributed by atoms with E-state index in [2.05, 4.69) is 22.4 Å². The van der Waals surface area contributed by atoms with Crippen LogP contribution in [0.25, 0.3) is 0 Å². The van der Waals surface area contributed by atoms with Crippen molar-refractivity contribution in [3.05, 3.63) is 64.9 Å². The molecule has 1 N–H and O–H groups in total. The van der Waals surface area contributed by atoms with Gasteiger partial charge in [0.15, 0.2) is 0 Å². The first kappa shape index (κ1) is 24.2. The second-order valence-electron chi connectivity index (χ2n) is 8.37. The number of nitrogens with zero attached hydrogens (tertiary/aromatic N) is 1. The van der Waals surface area contributed by atoms with Gasteiger partial charge in [0, 0.05) is 18.8 Å². The highest BCUT2D eigenvalue weighted by Gasteiger charge is 2.19. The topological polar surface area (TPSA) is 60.5 Å². The Balaban J connectivity index is 1.77. The third kappa shape index (κ3) is 10.1. The summed E-state index contributed by atoms with van der Waals surface area (Å²) >= 11 is 6.17. The van der Waals surface area contributed by atoms with Gasteiger partial charge >= 0.3 is 6.09 Å². The normalized spacial score (nSPS) is 12.4. The van der Waals surface area contributed by atoms with E-state index in [1.54, 1.807) is 6.20 Å². The van der Waals surface area contributed by atoms with Crippen molar-refractivity contribution >= 4 is 17.7 Å². The molecule has 1 aromatic carbocycles. The number of hydrogen-bond acceptors (Lipinski definition) is 4. The van der Waals surface area contributed by atoms with Gasteiger partial charge in [0.25, 0.3) is 0 Å². The molecule has 1 unspecified atom stereocenters. The maximum Gasteiger partial charge on any atom is 0.407 e. The Kier molecular flexibility index (Phi) is 10.1. The zero-order valence-corrected chi connectivity index (χ0v) is 19.0. The maximum absolute atomic E-state index is 12.2. The van der Waals surface area contributed by atoms with E-state index in [9.17, 15) is 4.79 Å². The fraction of sp³-hybridized carbons (Fsp3) is 0.500. The van der Waals surface area contributed by atoms with E-state index in [0.717, 1.165) is 37.7 Å². The molecule has 2 rings (SSSR count). The second-order valence-corrected chi connectivity index (χ2v) is 8.73. The molecule has 0 bridgehead atoms. The minimum atomic E-state index is -0.521. The third-order valence-corrected chi connectivity index (χ3v) is 4.86. The number of benzene rings is 1. The number of amides is 1. The molecule has 5 nitrogen and oxygen atoms in total. The van der Waals surface area contributed by atoms with Gasteiger partial charge in [-0.2, -0.15) is 0 Å². The average molecular weight is 433 g/mol. The standard InChI is InChI=1S/C24H33ClN2O3/c1-24(2,3)30-23(28)27-21(15-14-20-12-9-16-26-22(20)25)13-7-8-17-29-18-19-10-5-4-6-11-19/h4-6,9-12,16,21H,7-8,13-15,17-18H2,1-3H3,(H,27,28). The molecule has 164 valence electrons. The number of aromatic nitrogens is 1. The lowest BCUT2D eigenvalue weighted by Gasteiger charge is -2.24. The van der Waals surface area contributed by atoms with Gasteiger partial charge < -0.3 is 14.8 Å². The lowest BCUT2D eigenvalue weighted by Crippen LogP contribution is -2.39. The Bertz CT molecular complexity index is 763. The van der Waals surface area contributed by atoms with Crippen molar-refractivity contribution in [1.29, 1.82) is 0 Å². The molecule has 0 aliphatic carbocycles. The quantitative estimate of drug-likeness (QED) is 0.352. The molecule has 0 radical (unpaired) electrons. The predicted molar refractivity (Wildman–Crippen MR) is 121 cm³/mol. The van der Waals surface area contributed by atoms with Gasteiger partial charge in [-0.3, -0.25) is 0 Å². The number of halogens is 1. The van der Waals surface area contributed by atoms with Crippen LogP contribution in [0.1, 0.15) is 57.6 Å². The molecule has 1 atom stereocenters. The van der Waals surface area contributed by atoms with Crippen LogP contribution in [0.5, 0.6) is 0 Å². The number of ether oxygens (including phenoxy) is 2. The molecular weight excluding hydrogens is 400 g/mol. The number of nitrogens with one attached hydrogen (secondary N) is 1. The Labute approximate surface area is 185 Å². The SMILES string of the molecule is CC(C)(C)OC(=O)NC(CCCCOCc1ccccc1)CCc1cccnc1Cl. The predicted octanol–water partition coefficient (Wildman–Crippen LogP) is 5.95. The van der Waals surface area contributed by atoms with Crippen molar-refractivity contribution in [2.24, 2.45) is 0 Å². The van der Waals surface area contributed by atoms with E-state index in [-0.39, 0.29) is 12.1 Å². The molecule has 1 amide bonds. The number of alkyl carbamates (subject to hydrolysis) is 1. The van der Waals surface area contributed by atoms with Crippen LogP contribution in [0.3, 0.4) is 0 Å². The summed E-state index contributed by atoms with van der Waals surface area (Å²) in [5, 5.41) is 3.53. The van der Waals surface area contributed by atoms with Crippen molar-refractivity contribution in [2.75, 3.05) is 6.61 Å². The number of rotatable bonds is 11. The molecule has 30 heavy (non-hydrogen) atoms. The number of pyridine rings is 1. The van der Waals surface area contributed by atoms with E-state index in [1.165, 1.54) is 5.56 Å². The van der Waals surface area contributed by atoms with Crippen LogP contribution in [0.15, 0.2) is 48.7 Å². The van der Waals surface area contributed by atoms with Crippen molar-refractivity contribution < 1.29 is 14.3 Å². The molecule has 0 aliphatic heterocycles. The van der Waals surface area contributed by atoms with E-state index >= 15 is 0 Å². The van der Waals surface area contributed by atoms with Crippen LogP contribution in [0.2, 0.25) is 5.15 Å². The van der Waals surface area contributed by atoms with Crippen LogP contribution < -0.4 is 5.32 Å². The van der Waals surface area contributed by atoms with E-state index < -0.39 is 5.60 Å². The minimum Gasteiger partial charge on any atom is -0.444 e. The first-order chi connectivity index (χ1) is 14.3. The zero-order valence-electron chi connectivity index (χ0n) is 18.2. The van der Waals surface area contributed by atoms with Crippen LogP contribution >= 0.6 is 11.6 Å². The fourth-order valence-corrected chi connectivity index (χ4v) is 3.27. The summed E-state index contributed by atoms with van der Waals surface area (Å²) in [7, 11) is 0. The lowest BCUT2D eigenvalue weighted by molar-refractivity contribution is 0.0497. The van der Waals surface area contributed by atoms with Crippen molar-refractivity contribution in [3.63, 3.8) is 0 Å². The van der Waals surface area contributed by atoms with Gasteiger partial charge in [-0.05, 0) is 70.1 Å². The lowest BCUT2D eigenvalue weighted by atomic mass is 10.0. The minimum absolute atomic E-state index is 0.00486. The number of carbonyl (C=O) groups is 1. The van der Waals surface area contributed by atoms with Crippen LogP contribution in [-0.4, -0.2) is 29.3 Å². The number of hydrogen-bond donors (Lipinski definition) is 1. The van der Waals surface area contributed by atoms with Gasteiger partial charge in [0.2, 0.25) is 0 Å². The Morgan fingerprint density at radius 1 is 1.10 bits per heavy atom. The molecular formula is C24H33ClN2O3. The average Bonchev–Trinajstić information content (AvgIpc) is 2.69. The highest BCUT2D eigenvalue weighted by Crippen LogP contribution is 2.17. The smallest absolute Gasteiger partial charge is 0.407 e. The summed E-state index contributed by atoms with van der Waals surface area (Å²) in [4.78, 5) is 16.4. The second kappa shape index (κ2) is 12.6. The first-order valence-corrected chi connectivity index (χ1v) is 10.9. The molecule has 1 aromatic heterocycles. The van der Waals surface area contributed by atoms with E-state index in [1.807, 2.05) is 51.1 Å². The molecule has 6 heteroatoms. The van der Waals surface area contributed by atoms with Gasteiger partial charge in [-0.1, -0.05) is 48.0 Å². The summed E-state index contributed by atoms with van der Waals surface area (Å²) in [5.74, 6) is 0. The van der Waals surface area contributed by atoms with E-state index in [0.29, 0.717) is 18.4 Å². The Morgan fingerprint density at radius 2 is 1.87 bits per heavy atom. The molecule has 1 heterocycles. The maximum atomic E-state index is 12.2. The van der Waals surface area contributed by atoms with Gasteiger partial charge in [0.05, 0.1) is 6.61 Å². The molecule has 0 saturated heterocycles. The van der Waals surface area contributed by atoms with Crippen LogP contribution in [0, 0.1) is 0 Å². The van der Waals surface area contributed by atoms with Gasteiger partial charge in [0.1, 0.15) is 10.8 Å². The van der Waals surface area contributed by atoms with Crippen LogP contribution in [-0.2, 0) is 22.5 Å². The molecule has 0 saturated carbocycles. The van der Waals surface area contributed by atoms with Crippen molar-refractivity contribution in [1.82, 2.24) is 10.3 Å². The molecule has 0 fully saturated rings. The van der Waals surface area contributed by atoms with Gasteiger partial charge in [-0.25, -0.2) is 9.78 Å². The summed E-state index contributed by atoms with van der Waals surface area (Å²) in [6.07, 6.45) is 5.56. The molecule has 0 aliphatic rings. The van der Waals surface area contributed by atoms with Gasteiger partial charge in [-0.15, -0.1) is 0 Å². The van der Waals surface area contributed by atoms with Crippen molar-refractivity contribution in [2.45, 2.75) is 71.1 Å². The third-order valence-electron chi connectivity index (χ3n) is 4.52. The Morgan fingerprint density at radius 3 is 2.57 bits per heavy atom. The van der Waals surface area contributed by atoms with Crippen molar-refractivity contribution in [3.8, 4) is 0 Å². The number of aryl methyl sites for hydroxylation is 1. The summed E-state index contributed by atoms with van der Waals surface area (Å²) < 4.78 is 11.2. The zero-order chi connectivity index (χ0) is 21.8. The summed E-state index contributed by atoms with van der Waals surface area (Å²) in [5.41, 5.74) is 1.64.